The maximum atomic E-state index is 12.1. The number of nitrogens with one attached hydrogen (secondary N) is 2. The van der Waals surface area contributed by atoms with E-state index in [-0.39, 0.29) is 23.9 Å². The maximum Gasteiger partial charge on any atom is 0.226 e. The smallest absolute Gasteiger partial charge is 0.226 e. The standard InChI is InChI=1S/C23H23ClN4OS2/c1-13(2)22(29)26-16-8-7-15(12-14(16)3)28-21(18-9-10-19(24)31-18)20(27-23(28)30)17-6-4-5-11-25-17/h4-13,20-21H,1-3H3,(H,26,29)(H,27,30)/t20-,21-/m1/s1. The lowest BCUT2D eigenvalue weighted by molar-refractivity contribution is -0.118. The van der Waals surface area contributed by atoms with Crippen LogP contribution >= 0.6 is 35.2 Å². The Morgan fingerprint density at radius 1 is 1.26 bits per heavy atom. The highest BCUT2D eigenvalue weighted by Gasteiger charge is 2.41. The third kappa shape index (κ3) is 4.44. The molecule has 0 saturated carbocycles. The van der Waals surface area contributed by atoms with Crippen molar-refractivity contribution in [3.05, 3.63) is 75.2 Å². The summed E-state index contributed by atoms with van der Waals surface area (Å²) in [4.78, 5) is 19.9. The number of hydrogen-bond acceptors (Lipinski definition) is 4. The van der Waals surface area contributed by atoms with Gasteiger partial charge in [-0.15, -0.1) is 11.3 Å². The molecule has 160 valence electrons. The van der Waals surface area contributed by atoms with Crippen molar-refractivity contribution >= 4 is 57.5 Å². The molecule has 0 aliphatic carbocycles. The number of rotatable bonds is 5. The van der Waals surface area contributed by atoms with Gasteiger partial charge in [-0.25, -0.2) is 0 Å². The zero-order chi connectivity index (χ0) is 22.1. The predicted octanol–water partition coefficient (Wildman–Crippen LogP) is 5.88. The number of aromatic nitrogens is 1. The third-order valence-corrected chi connectivity index (χ3v) is 6.87. The lowest BCUT2D eigenvalue weighted by atomic mass is 10.0. The molecule has 0 unspecified atom stereocenters. The van der Waals surface area contributed by atoms with Gasteiger partial charge in [-0.1, -0.05) is 31.5 Å². The monoisotopic (exact) mass is 470 g/mol. The van der Waals surface area contributed by atoms with E-state index in [2.05, 4.69) is 20.5 Å². The SMILES string of the molecule is Cc1cc(N2C(=S)N[C@H](c3ccccn3)[C@H]2c2ccc(Cl)s2)ccc1NC(=O)C(C)C. The minimum absolute atomic E-state index is 0.00414. The summed E-state index contributed by atoms with van der Waals surface area (Å²) in [6.45, 7) is 5.74. The Labute approximate surface area is 196 Å². The van der Waals surface area contributed by atoms with Gasteiger partial charge >= 0.3 is 0 Å². The van der Waals surface area contributed by atoms with E-state index in [1.807, 2.05) is 69.3 Å². The van der Waals surface area contributed by atoms with Crippen LogP contribution in [-0.2, 0) is 4.79 Å². The zero-order valence-electron chi connectivity index (χ0n) is 17.4. The molecule has 1 aliphatic rings. The molecular formula is C23H23ClN4OS2. The Bertz CT molecular complexity index is 1120. The van der Waals surface area contributed by atoms with E-state index in [4.69, 9.17) is 23.8 Å². The van der Waals surface area contributed by atoms with E-state index in [1.54, 1.807) is 17.5 Å². The van der Waals surface area contributed by atoms with Crippen LogP contribution in [0.2, 0.25) is 4.34 Å². The van der Waals surface area contributed by atoms with Crippen molar-refractivity contribution in [1.29, 1.82) is 0 Å². The first-order valence-corrected chi connectivity index (χ1v) is 11.6. The van der Waals surface area contributed by atoms with Gasteiger partial charge in [-0.05, 0) is 67.2 Å². The molecule has 0 spiro atoms. The molecule has 3 aromatic rings. The van der Waals surface area contributed by atoms with Crippen LogP contribution in [0.15, 0.2) is 54.7 Å². The topological polar surface area (TPSA) is 57.3 Å². The Kier molecular flexibility index (Phi) is 6.27. The number of aryl methyl sites for hydroxylation is 1. The van der Waals surface area contributed by atoms with Crippen LogP contribution in [-0.4, -0.2) is 16.0 Å². The van der Waals surface area contributed by atoms with Crippen LogP contribution < -0.4 is 15.5 Å². The second kappa shape index (κ2) is 8.94. The van der Waals surface area contributed by atoms with Crippen molar-refractivity contribution < 1.29 is 4.79 Å². The van der Waals surface area contributed by atoms with Crippen molar-refractivity contribution in [3.8, 4) is 0 Å². The van der Waals surface area contributed by atoms with Crippen molar-refractivity contribution in [1.82, 2.24) is 10.3 Å². The van der Waals surface area contributed by atoms with E-state index in [0.717, 1.165) is 31.8 Å². The number of anilines is 2. The number of thiocarbonyl (C=S) groups is 1. The van der Waals surface area contributed by atoms with Crippen LogP contribution in [0, 0.1) is 12.8 Å². The van der Waals surface area contributed by atoms with Crippen LogP contribution in [0.3, 0.4) is 0 Å². The minimum atomic E-state index is -0.107. The highest BCUT2D eigenvalue weighted by atomic mass is 35.5. The largest absolute Gasteiger partial charge is 0.351 e. The number of carbonyl (C=O) groups is 1. The Morgan fingerprint density at radius 2 is 2.06 bits per heavy atom. The zero-order valence-corrected chi connectivity index (χ0v) is 19.8. The highest BCUT2D eigenvalue weighted by Crippen LogP contribution is 2.44. The van der Waals surface area contributed by atoms with Gasteiger partial charge < -0.3 is 15.5 Å². The van der Waals surface area contributed by atoms with E-state index < -0.39 is 0 Å². The van der Waals surface area contributed by atoms with Gasteiger partial charge in [0.25, 0.3) is 0 Å². The molecule has 2 atom stereocenters. The van der Waals surface area contributed by atoms with E-state index in [0.29, 0.717) is 5.11 Å². The quantitative estimate of drug-likeness (QED) is 0.456. The van der Waals surface area contributed by atoms with Crippen LogP contribution in [0.4, 0.5) is 11.4 Å². The van der Waals surface area contributed by atoms with Gasteiger partial charge in [0, 0.05) is 28.4 Å². The molecule has 1 aromatic carbocycles. The number of benzene rings is 1. The Balaban J connectivity index is 1.73. The maximum absolute atomic E-state index is 12.1. The summed E-state index contributed by atoms with van der Waals surface area (Å²) in [7, 11) is 0. The molecular weight excluding hydrogens is 448 g/mol. The molecule has 3 heterocycles. The van der Waals surface area contributed by atoms with Gasteiger partial charge in [0.15, 0.2) is 5.11 Å². The molecule has 8 heteroatoms. The lowest BCUT2D eigenvalue weighted by Crippen LogP contribution is -2.29. The molecule has 2 aromatic heterocycles. The van der Waals surface area contributed by atoms with Crippen molar-refractivity contribution in [3.63, 3.8) is 0 Å². The van der Waals surface area contributed by atoms with Crippen LogP contribution in [0.5, 0.6) is 0 Å². The van der Waals surface area contributed by atoms with Gasteiger partial charge in [0.2, 0.25) is 5.91 Å². The first-order valence-electron chi connectivity index (χ1n) is 10.0. The fourth-order valence-electron chi connectivity index (χ4n) is 3.62. The average molecular weight is 471 g/mol. The Hall–Kier alpha value is -2.48. The van der Waals surface area contributed by atoms with E-state index in [9.17, 15) is 4.79 Å². The van der Waals surface area contributed by atoms with Gasteiger partial charge in [-0.3, -0.25) is 9.78 Å². The number of hydrogen-bond donors (Lipinski definition) is 2. The summed E-state index contributed by atoms with van der Waals surface area (Å²) in [6, 6.07) is 15.6. The number of halogens is 1. The normalized spacial score (nSPS) is 18.4. The van der Waals surface area contributed by atoms with Crippen LogP contribution in [0.1, 0.15) is 42.1 Å². The van der Waals surface area contributed by atoms with Crippen LogP contribution in [0.25, 0.3) is 0 Å². The second-order valence-corrected chi connectivity index (χ2v) is 9.92. The molecule has 5 nitrogen and oxygen atoms in total. The molecule has 2 N–H and O–H groups in total. The number of thiophene rings is 1. The molecule has 1 amide bonds. The number of pyridine rings is 1. The molecule has 0 radical (unpaired) electrons. The number of amides is 1. The summed E-state index contributed by atoms with van der Waals surface area (Å²) in [5, 5.41) is 7.06. The first-order chi connectivity index (χ1) is 14.8. The lowest BCUT2D eigenvalue weighted by Gasteiger charge is -2.27. The van der Waals surface area contributed by atoms with Crippen molar-refractivity contribution in [2.75, 3.05) is 10.2 Å². The van der Waals surface area contributed by atoms with Crippen molar-refractivity contribution in [2.24, 2.45) is 5.92 Å². The van der Waals surface area contributed by atoms with E-state index in [1.165, 1.54) is 0 Å². The number of nitrogens with zero attached hydrogens (tertiary/aromatic N) is 2. The molecule has 4 rings (SSSR count). The van der Waals surface area contributed by atoms with E-state index >= 15 is 0 Å². The molecule has 0 bridgehead atoms. The summed E-state index contributed by atoms with van der Waals surface area (Å²) >= 11 is 13.6. The summed E-state index contributed by atoms with van der Waals surface area (Å²) < 4.78 is 0.732. The van der Waals surface area contributed by atoms with Crippen molar-refractivity contribution in [2.45, 2.75) is 32.9 Å². The molecule has 31 heavy (non-hydrogen) atoms. The first kappa shape index (κ1) is 21.7. The third-order valence-electron chi connectivity index (χ3n) is 5.25. The number of carbonyl (C=O) groups excluding carboxylic acids is 1. The Morgan fingerprint density at radius 3 is 2.68 bits per heavy atom. The minimum Gasteiger partial charge on any atom is -0.351 e. The summed E-state index contributed by atoms with van der Waals surface area (Å²) in [6.07, 6.45) is 1.79. The highest BCUT2D eigenvalue weighted by molar-refractivity contribution is 7.80. The molecule has 1 aliphatic heterocycles. The average Bonchev–Trinajstić information content (AvgIpc) is 3.32. The fraction of sp³-hybridized carbons (Fsp3) is 0.261. The molecule has 1 fully saturated rings. The summed E-state index contributed by atoms with van der Waals surface area (Å²) in [5.41, 5.74) is 3.64. The van der Waals surface area contributed by atoms with Gasteiger partial charge in [0.1, 0.15) is 0 Å². The van der Waals surface area contributed by atoms with Gasteiger partial charge in [0.05, 0.1) is 22.1 Å². The fourth-order valence-corrected chi connectivity index (χ4v) is 5.16. The second-order valence-electron chi connectivity index (χ2n) is 7.78. The molecule has 1 saturated heterocycles. The van der Waals surface area contributed by atoms with Gasteiger partial charge in [-0.2, -0.15) is 0 Å². The predicted molar refractivity (Wildman–Crippen MR) is 132 cm³/mol. The summed E-state index contributed by atoms with van der Waals surface area (Å²) in [5.74, 6) is -0.0861.